The van der Waals surface area contributed by atoms with Gasteiger partial charge in [-0.15, -0.1) is 0 Å². The Kier molecular flexibility index (Phi) is 4.17. The number of halogens is 1. The zero-order chi connectivity index (χ0) is 13.1. The maximum Gasteiger partial charge on any atom is 0.241 e. The quantitative estimate of drug-likeness (QED) is 0.804. The molecule has 1 aliphatic heterocycles. The Labute approximate surface area is 116 Å². The molecule has 0 fully saturated rings. The number of rotatable bonds is 3. The van der Waals surface area contributed by atoms with Crippen molar-refractivity contribution in [1.82, 2.24) is 9.88 Å². The van der Waals surface area contributed by atoms with E-state index in [4.69, 9.17) is 0 Å². The Morgan fingerprint density at radius 2 is 2.28 bits per heavy atom. The average molecular weight is 309 g/mol. The Morgan fingerprint density at radius 3 is 2.89 bits per heavy atom. The van der Waals surface area contributed by atoms with Gasteiger partial charge in [0.15, 0.2) is 0 Å². The predicted molar refractivity (Wildman–Crippen MR) is 75.0 cm³/mol. The van der Waals surface area contributed by atoms with Gasteiger partial charge in [0.25, 0.3) is 0 Å². The predicted octanol–water partition coefficient (Wildman–Crippen LogP) is 3.12. The molecule has 3 nitrogen and oxygen atoms in total. The van der Waals surface area contributed by atoms with Crippen molar-refractivity contribution in [1.29, 1.82) is 0 Å². The van der Waals surface area contributed by atoms with Crippen LogP contribution in [0.3, 0.4) is 0 Å². The average Bonchev–Trinajstić information content (AvgIpc) is 2.40. The van der Waals surface area contributed by atoms with Crippen LogP contribution in [0.1, 0.15) is 25.8 Å². The number of allylic oxidation sites excluding steroid dienone is 2. The first-order valence-corrected chi connectivity index (χ1v) is 7.07. The van der Waals surface area contributed by atoms with E-state index in [-0.39, 0.29) is 10.7 Å². The molecule has 1 amide bonds. The SMILES string of the molecule is CCC1C=C(C)N(Cc2cccnc2)C(=O)C1Br. The van der Waals surface area contributed by atoms with Crippen LogP contribution in [0.25, 0.3) is 0 Å². The second-order valence-corrected chi connectivity index (χ2v) is 5.55. The van der Waals surface area contributed by atoms with E-state index in [9.17, 15) is 4.79 Å². The lowest BCUT2D eigenvalue weighted by atomic mass is 9.96. The first-order valence-electron chi connectivity index (χ1n) is 6.16. The summed E-state index contributed by atoms with van der Waals surface area (Å²) in [7, 11) is 0. The minimum Gasteiger partial charge on any atom is -0.311 e. The highest BCUT2D eigenvalue weighted by molar-refractivity contribution is 9.10. The lowest BCUT2D eigenvalue weighted by Gasteiger charge is -2.33. The molecular formula is C14H17BrN2O. The minimum absolute atomic E-state index is 0.108. The number of hydrogen-bond donors (Lipinski definition) is 0. The van der Waals surface area contributed by atoms with Crippen LogP contribution >= 0.6 is 15.9 Å². The third-order valence-electron chi connectivity index (χ3n) is 3.29. The number of carbonyl (C=O) groups excluding carboxylic acids is 1. The minimum atomic E-state index is -0.108. The zero-order valence-electron chi connectivity index (χ0n) is 10.6. The molecule has 0 saturated heterocycles. The number of carbonyl (C=O) groups is 1. The molecule has 96 valence electrons. The van der Waals surface area contributed by atoms with Crippen molar-refractivity contribution < 1.29 is 4.79 Å². The van der Waals surface area contributed by atoms with Gasteiger partial charge in [0, 0.05) is 18.1 Å². The van der Waals surface area contributed by atoms with Gasteiger partial charge in [0.1, 0.15) is 4.83 Å². The molecule has 0 spiro atoms. The van der Waals surface area contributed by atoms with E-state index >= 15 is 0 Å². The maximum atomic E-state index is 12.3. The number of amides is 1. The Balaban J connectivity index is 2.20. The lowest BCUT2D eigenvalue weighted by molar-refractivity contribution is -0.130. The maximum absolute atomic E-state index is 12.3. The highest BCUT2D eigenvalue weighted by atomic mass is 79.9. The van der Waals surface area contributed by atoms with Crippen molar-refractivity contribution in [2.45, 2.75) is 31.6 Å². The monoisotopic (exact) mass is 308 g/mol. The van der Waals surface area contributed by atoms with E-state index in [1.807, 2.05) is 24.0 Å². The van der Waals surface area contributed by atoms with Crippen LogP contribution in [-0.2, 0) is 11.3 Å². The fraction of sp³-hybridized carbons (Fsp3) is 0.429. The Bertz CT molecular complexity index is 458. The summed E-state index contributed by atoms with van der Waals surface area (Å²) in [6.45, 7) is 4.69. The molecule has 0 saturated carbocycles. The van der Waals surface area contributed by atoms with Crippen molar-refractivity contribution in [2.24, 2.45) is 5.92 Å². The van der Waals surface area contributed by atoms with Crippen LogP contribution in [0.15, 0.2) is 36.3 Å². The highest BCUT2D eigenvalue weighted by Crippen LogP contribution is 2.29. The molecule has 0 bridgehead atoms. The van der Waals surface area contributed by atoms with Crippen molar-refractivity contribution >= 4 is 21.8 Å². The molecule has 2 rings (SSSR count). The fourth-order valence-corrected chi connectivity index (χ4v) is 2.97. The standard InChI is InChI=1S/C14H17BrN2O/c1-3-12-7-10(2)17(14(18)13(12)15)9-11-5-4-6-16-8-11/h4-8,12-13H,3,9H2,1-2H3. The van der Waals surface area contributed by atoms with E-state index in [1.165, 1.54) is 0 Å². The molecule has 1 aromatic rings. The smallest absolute Gasteiger partial charge is 0.241 e. The summed E-state index contributed by atoms with van der Waals surface area (Å²) in [5.41, 5.74) is 2.08. The van der Waals surface area contributed by atoms with Gasteiger partial charge in [0.05, 0.1) is 6.54 Å². The van der Waals surface area contributed by atoms with Crippen LogP contribution in [0.2, 0.25) is 0 Å². The van der Waals surface area contributed by atoms with Crippen molar-refractivity contribution in [3.8, 4) is 0 Å². The third kappa shape index (κ3) is 2.64. The number of alkyl halides is 1. The van der Waals surface area contributed by atoms with E-state index in [1.54, 1.807) is 12.4 Å². The van der Waals surface area contributed by atoms with E-state index in [0.29, 0.717) is 12.5 Å². The first-order chi connectivity index (χ1) is 8.63. The summed E-state index contributed by atoms with van der Waals surface area (Å²) in [5.74, 6) is 0.438. The molecular weight excluding hydrogens is 292 g/mol. The van der Waals surface area contributed by atoms with Gasteiger partial charge in [-0.3, -0.25) is 9.78 Å². The molecule has 2 atom stereocenters. The van der Waals surface area contributed by atoms with Gasteiger partial charge >= 0.3 is 0 Å². The highest BCUT2D eigenvalue weighted by Gasteiger charge is 2.32. The van der Waals surface area contributed by atoms with E-state index < -0.39 is 0 Å². The number of hydrogen-bond acceptors (Lipinski definition) is 2. The van der Waals surface area contributed by atoms with Gasteiger partial charge in [-0.2, -0.15) is 0 Å². The topological polar surface area (TPSA) is 33.2 Å². The van der Waals surface area contributed by atoms with Gasteiger partial charge in [-0.1, -0.05) is 35.0 Å². The summed E-state index contributed by atoms with van der Waals surface area (Å²) >= 11 is 3.51. The summed E-state index contributed by atoms with van der Waals surface area (Å²) in [6, 6.07) is 3.88. The molecule has 0 N–H and O–H groups in total. The Morgan fingerprint density at radius 1 is 1.50 bits per heavy atom. The second kappa shape index (κ2) is 5.65. The summed E-state index contributed by atoms with van der Waals surface area (Å²) in [4.78, 5) is 18.1. The molecule has 18 heavy (non-hydrogen) atoms. The molecule has 0 radical (unpaired) electrons. The molecule has 0 aliphatic carbocycles. The van der Waals surface area contributed by atoms with Crippen molar-refractivity contribution in [3.63, 3.8) is 0 Å². The molecule has 2 unspecified atom stereocenters. The Hall–Kier alpha value is -1.16. The third-order valence-corrected chi connectivity index (χ3v) is 4.36. The second-order valence-electron chi connectivity index (χ2n) is 4.57. The molecule has 2 heterocycles. The molecule has 0 aromatic carbocycles. The van der Waals surface area contributed by atoms with Gasteiger partial charge < -0.3 is 4.90 Å². The van der Waals surface area contributed by atoms with Gasteiger partial charge in [-0.25, -0.2) is 0 Å². The van der Waals surface area contributed by atoms with Crippen molar-refractivity contribution in [2.75, 3.05) is 0 Å². The molecule has 1 aliphatic rings. The van der Waals surface area contributed by atoms with Crippen LogP contribution in [0.4, 0.5) is 0 Å². The molecule has 4 heteroatoms. The first kappa shape index (κ1) is 13.3. The van der Waals surface area contributed by atoms with Crippen molar-refractivity contribution in [3.05, 3.63) is 41.9 Å². The van der Waals surface area contributed by atoms with Crippen LogP contribution in [-0.4, -0.2) is 20.6 Å². The molecule has 1 aromatic heterocycles. The normalized spacial score (nSPS) is 24.1. The van der Waals surface area contributed by atoms with Gasteiger partial charge in [-0.05, 0) is 30.9 Å². The van der Waals surface area contributed by atoms with E-state index in [2.05, 4.69) is 33.9 Å². The van der Waals surface area contributed by atoms with Gasteiger partial charge in [0.2, 0.25) is 5.91 Å². The summed E-state index contributed by atoms with van der Waals surface area (Å²) in [6.07, 6.45) is 6.69. The zero-order valence-corrected chi connectivity index (χ0v) is 12.2. The summed E-state index contributed by atoms with van der Waals surface area (Å²) < 4.78 is 0. The van der Waals surface area contributed by atoms with E-state index in [0.717, 1.165) is 17.7 Å². The van der Waals surface area contributed by atoms with Crippen LogP contribution < -0.4 is 0 Å². The number of aromatic nitrogens is 1. The largest absolute Gasteiger partial charge is 0.311 e. The number of nitrogens with zero attached hydrogens (tertiary/aromatic N) is 2. The fourth-order valence-electron chi connectivity index (χ4n) is 2.19. The summed E-state index contributed by atoms with van der Waals surface area (Å²) in [5, 5.41) is 0. The van der Waals surface area contributed by atoms with Crippen LogP contribution in [0.5, 0.6) is 0 Å². The number of pyridine rings is 1. The lowest BCUT2D eigenvalue weighted by Crippen LogP contribution is -2.41. The van der Waals surface area contributed by atoms with Crippen LogP contribution in [0, 0.1) is 5.92 Å².